The van der Waals surface area contributed by atoms with E-state index in [2.05, 4.69) is 6.58 Å². The molecule has 266 valence electrons. The molecule has 8 heteroatoms. The van der Waals surface area contributed by atoms with Crippen LogP contribution in [0, 0.1) is 6.92 Å². The van der Waals surface area contributed by atoms with E-state index < -0.39 is 36.5 Å². The molecule has 1 fully saturated rings. The molecule has 5 aromatic carbocycles. The van der Waals surface area contributed by atoms with Gasteiger partial charge >= 0.3 is 5.97 Å². The summed E-state index contributed by atoms with van der Waals surface area (Å²) in [6.45, 7) is 6.07. The molecule has 0 N–H and O–H groups in total. The molecule has 1 heterocycles. The van der Waals surface area contributed by atoms with Gasteiger partial charge in [0.2, 0.25) is 0 Å². The maximum absolute atomic E-state index is 13.9. The van der Waals surface area contributed by atoms with Crippen molar-refractivity contribution in [3.8, 4) is 5.75 Å². The first-order valence-electron chi connectivity index (χ1n) is 17.2. The van der Waals surface area contributed by atoms with Crippen LogP contribution in [0.4, 0.5) is 0 Å². The lowest BCUT2D eigenvalue weighted by molar-refractivity contribution is -0.266. The van der Waals surface area contributed by atoms with E-state index in [1.165, 1.54) is 0 Å². The third-order valence-corrected chi connectivity index (χ3v) is 9.43. The van der Waals surface area contributed by atoms with Crippen LogP contribution >= 0.6 is 11.6 Å². The molecule has 0 radical (unpaired) electrons. The number of rotatable bonds is 15. The number of benzene rings is 5. The predicted octanol–water partition coefficient (Wildman–Crippen LogP) is 9.21. The molecule has 5 aromatic rings. The maximum atomic E-state index is 13.9. The SMILES string of the molecule is C=CC(=O)Oc1c([C@H]2O[C@H](CC(=O)c3ccccc3)[C@@H](OCc3ccccc3)[C@@H](OCc3ccccc3)[C@@H]2OCc2ccccc2)ccc(Cl)c1C. The minimum absolute atomic E-state index is 0.00901. The Balaban J connectivity index is 1.47. The molecular weight excluding hydrogens is 676 g/mol. The Morgan fingerprint density at radius 2 is 1.15 bits per heavy atom. The lowest BCUT2D eigenvalue weighted by atomic mass is 9.87. The Morgan fingerprint density at radius 1 is 0.673 bits per heavy atom. The van der Waals surface area contributed by atoms with Crippen molar-refractivity contribution in [3.05, 3.63) is 185 Å². The van der Waals surface area contributed by atoms with Crippen molar-refractivity contribution in [3.63, 3.8) is 0 Å². The highest BCUT2D eigenvalue weighted by Crippen LogP contribution is 2.44. The Kier molecular flexibility index (Phi) is 12.8. The highest BCUT2D eigenvalue weighted by Gasteiger charge is 2.50. The average molecular weight is 717 g/mol. The molecule has 5 atom stereocenters. The first kappa shape index (κ1) is 36.9. The zero-order valence-corrected chi connectivity index (χ0v) is 29.7. The highest BCUT2D eigenvalue weighted by molar-refractivity contribution is 6.31. The summed E-state index contributed by atoms with van der Waals surface area (Å²) in [5.41, 5.74) is 4.46. The molecule has 1 aliphatic heterocycles. The molecule has 7 nitrogen and oxygen atoms in total. The Morgan fingerprint density at radius 3 is 1.67 bits per heavy atom. The zero-order valence-electron chi connectivity index (χ0n) is 28.9. The first-order valence-corrected chi connectivity index (χ1v) is 17.6. The molecule has 0 saturated carbocycles. The molecule has 6 rings (SSSR count). The number of carbonyl (C=O) groups excluding carboxylic acids is 2. The van der Waals surface area contributed by atoms with Gasteiger partial charge < -0.3 is 23.7 Å². The van der Waals surface area contributed by atoms with Crippen LogP contribution in [0.1, 0.15) is 50.7 Å². The lowest BCUT2D eigenvalue weighted by Gasteiger charge is -2.46. The van der Waals surface area contributed by atoms with Crippen molar-refractivity contribution >= 4 is 23.4 Å². The van der Waals surface area contributed by atoms with Crippen LogP contribution in [0.3, 0.4) is 0 Å². The van der Waals surface area contributed by atoms with Gasteiger partial charge in [-0.2, -0.15) is 0 Å². The van der Waals surface area contributed by atoms with Crippen LogP contribution < -0.4 is 4.74 Å². The van der Waals surface area contributed by atoms with E-state index >= 15 is 0 Å². The minimum Gasteiger partial charge on any atom is -0.423 e. The van der Waals surface area contributed by atoms with Gasteiger partial charge in [0.1, 0.15) is 30.2 Å². The Bertz CT molecular complexity index is 1920. The minimum atomic E-state index is -0.877. The number of ketones is 1. The number of ether oxygens (including phenoxy) is 5. The number of Topliss-reactive ketones (excluding diaryl/α,β-unsaturated/α-hetero) is 1. The van der Waals surface area contributed by atoms with Gasteiger partial charge in [-0.05, 0) is 29.7 Å². The normalized spacial score (nSPS) is 19.8. The second-order valence-corrected chi connectivity index (χ2v) is 13.0. The summed E-state index contributed by atoms with van der Waals surface area (Å²) in [5, 5.41) is 0.407. The van der Waals surface area contributed by atoms with Crippen molar-refractivity contribution in [2.75, 3.05) is 0 Å². The fourth-order valence-electron chi connectivity index (χ4n) is 6.32. The summed E-state index contributed by atoms with van der Waals surface area (Å²) >= 11 is 6.58. The fourth-order valence-corrected chi connectivity index (χ4v) is 6.47. The van der Waals surface area contributed by atoms with E-state index in [1.54, 1.807) is 31.2 Å². The molecule has 0 bridgehead atoms. The summed E-state index contributed by atoms with van der Waals surface area (Å²) in [6.07, 6.45) is -2.88. The van der Waals surface area contributed by atoms with Gasteiger partial charge in [0, 0.05) is 34.2 Å². The zero-order chi connectivity index (χ0) is 36.3. The van der Waals surface area contributed by atoms with Crippen LogP contribution in [0.15, 0.2) is 146 Å². The molecule has 0 spiro atoms. The maximum Gasteiger partial charge on any atom is 0.335 e. The number of hydrogen-bond acceptors (Lipinski definition) is 7. The second kappa shape index (κ2) is 18.0. The summed E-state index contributed by atoms with van der Waals surface area (Å²) in [7, 11) is 0. The number of hydrogen-bond donors (Lipinski definition) is 0. The van der Waals surface area contributed by atoms with Crippen molar-refractivity contribution in [1.82, 2.24) is 0 Å². The van der Waals surface area contributed by atoms with Crippen molar-refractivity contribution < 1.29 is 33.3 Å². The van der Waals surface area contributed by atoms with Crippen LogP contribution in [0.25, 0.3) is 0 Å². The highest BCUT2D eigenvalue weighted by atomic mass is 35.5. The topological polar surface area (TPSA) is 80.3 Å². The van der Waals surface area contributed by atoms with Gasteiger partial charge in [-0.1, -0.05) is 146 Å². The van der Waals surface area contributed by atoms with E-state index in [4.69, 9.17) is 35.3 Å². The second-order valence-electron chi connectivity index (χ2n) is 12.6. The lowest BCUT2D eigenvalue weighted by Crippen LogP contribution is -2.57. The molecule has 0 unspecified atom stereocenters. The summed E-state index contributed by atoms with van der Waals surface area (Å²) in [6, 6.07) is 42.0. The van der Waals surface area contributed by atoms with E-state index in [-0.39, 0.29) is 37.8 Å². The fraction of sp³-hybridized carbons (Fsp3) is 0.227. The Labute approximate surface area is 309 Å². The van der Waals surface area contributed by atoms with E-state index in [1.807, 2.05) is 109 Å². The van der Waals surface area contributed by atoms with E-state index in [9.17, 15) is 9.59 Å². The molecule has 1 aliphatic rings. The molecule has 0 amide bonds. The molecule has 52 heavy (non-hydrogen) atoms. The van der Waals surface area contributed by atoms with Gasteiger partial charge in [-0.15, -0.1) is 0 Å². The first-order chi connectivity index (χ1) is 25.4. The standard InChI is InChI=1S/C44H41ClO7/c1-3-39(47)52-40-30(2)36(45)25-24-35(40)41-43(49-28-32-18-10-5-11-19-32)44(50-29-33-20-12-6-13-21-33)42(48-27-31-16-8-4-9-17-31)38(51-41)26-37(46)34-22-14-7-15-23-34/h3-25,38,41-44H,1,26-29H2,2H3/t38-,41-,42-,43-,44-/m1/s1. The number of halogens is 1. The van der Waals surface area contributed by atoms with Crippen LogP contribution in [-0.4, -0.2) is 36.2 Å². The van der Waals surface area contributed by atoms with Crippen molar-refractivity contribution in [2.24, 2.45) is 0 Å². The summed E-state index contributed by atoms with van der Waals surface area (Å²) in [4.78, 5) is 26.6. The predicted molar refractivity (Wildman–Crippen MR) is 200 cm³/mol. The quantitative estimate of drug-likeness (QED) is 0.0463. The van der Waals surface area contributed by atoms with Crippen LogP contribution in [-0.2, 0) is 43.6 Å². The van der Waals surface area contributed by atoms with Gasteiger partial charge in [-0.25, -0.2) is 4.79 Å². The largest absolute Gasteiger partial charge is 0.423 e. The number of esters is 1. The van der Waals surface area contributed by atoms with Gasteiger partial charge in [0.05, 0.1) is 25.9 Å². The molecule has 1 saturated heterocycles. The molecule has 0 aliphatic carbocycles. The van der Waals surface area contributed by atoms with Gasteiger partial charge in [0.15, 0.2) is 5.78 Å². The number of carbonyl (C=O) groups is 2. The van der Waals surface area contributed by atoms with Crippen molar-refractivity contribution in [2.45, 2.75) is 63.7 Å². The van der Waals surface area contributed by atoms with Crippen molar-refractivity contribution in [1.29, 1.82) is 0 Å². The van der Waals surface area contributed by atoms with Gasteiger partial charge in [0.25, 0.3) is 0 Å². The third-order valence-electron chi connectivity index (χ3n) is 9.02. The smallest absolute Gasteiger partial charge is 0.335 e. The summed E-state index contributed by atoms with van der Waals surface area (Å²) in [5.74, 6) is -0.538. The monoisotopic (exact) mass is 716 g/mol. The van der Waals surface area contributed by atoms with Crippen LogP contribution in [0.5, 0.6) is 5.75 Å². The van der Waals surface area contributed by atoms with Crippen LogP contribution in [0.2, 0.25) is 5.02 Å². The average Bonchev–Trinajstić information content (AvgIpc) is 3.19. The van der Waals surface area contributed by atoms with E-state index in [0.29, 0.717) is 21.7 Å². The van der Waals surface area contributed by atoms with E-state index in [0.717, 1.165) is 22.8 Å². The summed E-state index contributed by atoms with van der Waals surface area (Å²) < 4.78 is 33.2. The van der Waals surface area contributed by atoms with Gasteiger partial charge in [-0.3, -0.25) is 4.79 Å². The molecule has 0 aromatic heterocycles. The third kappa shape index (κ3) is 9.31. The molecular formula is C44H41ClO7. The Hall–Kier alpha value is -4.89.